The van der Waals surface area contributed by atoms with Crippen molar-refractivity contribution in [3.63, 3.8) is 0 Å². The quantitative estimate of drug-likeness (QED) is 0.778. The second kappa shape index (κ2) is 5.64. The highest BCUT2D eigenvalue weighted by Crippen LogP contribution is 2.19. The van der Waals surface area contributed by atoms with Crippen molar-refractivity contribution in [1.82, 2.24) is 5.32 Å². The number of rotatable bonds is 4. The molecule has 0 aromatic carbocycles. The van der Waals surface area contributed by atoms with Crippen LogP contribution in [0.3, 0.4) is 0 Å². The van der Waals surface area contributed by atoms with Gasteiger partial charge in [-0.05, 0) is 18.3 Å². The highest BCUT2D eigenvalue weighted by atomic mass is 32.2. The van der Waals surface area contributed by atoms with Crippen LogP contribution in [-0.4, -0.2) is 23.5 Å². The van der Waals surface area contributed by atoms with Crippen molar-refractivity contribution in [2.24, 2.45) is 16.8 Å². The first-order valence-corrected chi connectivity index (χ1v) is 6.52. The average Bonchev–Trinajstić information content (AvgIpc) is 2.52. The molecule has 1 atom stereocenters. The maximum Gasteiger partial charge on any atom is 0.156 e. The zero-order valence-electron chi connectivity index (χ0n) is 9.71. The van der Waals surface area contributed by atoms with E-state index in [2.05, 4.69) is 38.0 Å². The summed E-state index contributed by atoms with van der Waals surface area (Å²) in [6.07, 6.45) is 1.19. The van der Waals surface area contributed by atoms with E-state index in [0.29, 0.717) is 12.0 Å². The van der Waals surface area contributed by atoms with E-state index in [9.17, 15) is 0 Å². The highest BCUT2D eigenvalue weighted by Gasteiger charge is 2.22. The molecule has 2 nitrogen and oxygen atoms in total. The van der Waals surface area contributed by atoms with Gasteiger partial charge in [0.25, 0.3) is 0 Å². The molecule has 1 rings (SSSR count). The van der Waals surface area contributed by atoms with E-state index < -0.39 is 0 Å². The minimum Gasteiger partial charge on any atom is -0.361 e. The van der Waals surface area contributed by atoms with Crippen LogP contribution in [0, 0.1) is 11.8 Å². The molecule has 1 unspecified atom stereocenters. The Bertz CT molecular complexity index is 199. The summed E-state index contributed by atoms with van der Waals surface area (Å²) in [4.78, 5) is 4.56. The summed E-state index contributed by atoms with van der Waals surface area (Å²) >= 11 is 1.87. The molecule has 3 heteroatoms. The van der Waals surface area contributed by atoms with Crippen molar-refractivity contribution in [3.05, 3.63) is 0 Å². The summed E-state index contributed by atoms with van der Waals surface area (Å²) in [5.74, 6) is 2.64. The molecule has 1 aliphatic rings. The van der Waals surface area contributed by atoms with Crippen LogP contribution in [0.2, 0.25) is 0 Å². The Morgan fingerprint density at radius 2 is 2.14 bits per heavy atom. The van der Waals surface area contributed by atoms with Crippen LogP contribution in [-0.2, 0) is 0 Å². The van der Waals surface area contributed by atoms with Gasteiger partial charge in [0.15, 0.2) is 5.17 Å². The van der Waals surface area contributed by atoms with Gasteiger partial charge < -0.3 is 5.32 Å². The Morgan fingerprint density at radius 1 is 1.43 bits per heavy atom. The van der Waals surface area contributed by atoms with Crippen molar-refractivity contribution in [3.8, 4) is 0 Å². The van der Waals surface area contributed by atoms with Crippen LogP contribution in [0.5, 0.6) is 0 Å². The van der Waals surface area contributed by atoms with Crippen molar-refractivity contribution < 1.29 is 0 Å². The van der Waals surface area contributed by atoms with E-state index in [1.807, 2.05) is 11.8 Å². The first-order valence-electron chi connectivity index (χ1n) is 5.53. The zero-order valence-corrected chi connectivity index (χ0v) is 10.5. The molecule has 1 N–H and O–H groups in total. The van der Waals surface area contributed by atoms with Gasteiger partial charge in [0.05, 0.1) is 0 Å². The molecule has 14 heavy (non-hydrogen) atoms. The van der Waals surface area contributed by atoms with E-state index >= 15 is 0 Å². The van der Waals surface area contributed by atoms with Crippen LogP contribution in [0.25, 0.3) is 0 Å². The lowest BCUT2D eigenvalue weighted by molar-refractivity contribution is 0.502. The number of thioether (sulfide) groups is 1. The maximum atomic E-state index is 4.56. The Labute approximate surface area is 92.0 Å². The Morgan fingerprint density at radius 3 is 2.64 bits per heavy atom. The summed E-state index contributed by atoms with van der Waals surface area (Å²) in [6, 6.07) is 0.623. The van der Waals surface area contributed by atoms with Gasteiger partial charge in [0.2, 0.25) is 0 Å². The molecule has 82 valence electrons. The molecule has 0 aromatic heterocycles. The first-order chi connectivity index (χ1) is 6.59. The third kappa shape index (κ3) is 3.91. The SMILES string of the molecule is CC(C)CCN=C1NC(C(C)C)CS1. The molecule has 0 aromatic rings. The fourth-order valence-electron chi connectivity index (χ4n) is 1.29. The van der Waals surface area contributed by atoms with Crippen LogP contribution < -0.4 is 5.32 Å². The standard InChI is InChI=1S/C11H22N2S/c1-8(2)5-6-12-11-13-10(7-14-11)9(3)4/h8-10H,5-7H2,1-4H3,(H,12,13). The lowest BCUT2D eigenvalue weighted by Gasteiger charge is -2.13. The van der Waals surface area contributed by atoms with Crippen LogP contribution >= 0.6 is 11.8 Å². The Balaban J connectivity index is 2.27. The van der Waals surface area contributed by atoms with Crippen LogP contribution in [0.15, 0.2) is 4.99 Å². The number of nitrogens with zero attached hydrogens (tertiary/aromatic N) is 1. The van der Waals surface area contributed by atoms with E-state index in [4.69, 9.17) is 0 Å². The molecule has 0 bridgehead atoms. The van der Waals surface area contributed by atoms with Crippen LogP contribution in [0.4, 0.5) is 0 Å². The minimum atomic E-state index is 0.623. The molecule has 0 radical (unpaired) electrons. The number of hydrogen-bond acceptors (Lipinski definition) is 2. The second-order valence-corrected chi connectivity index (χ2v) is 5.68. The third-order valence-electron chi connectivity index (χ3n) is 2.48. The summed E-state index contributed by atoms with van der Waals surface area (Å²) in [7, 11) is 0. The second-order valence-electron chi connectivity index (χ2n) is 4.68. The molecule has 1 heterocycles. The van der Waals surface area contributed by atoms with Crippen molar-refractivity contribution >= 4 is 16.9 Å². The van der Waals surface area contributed by atoms with Gasteiger partial charge in [-0.15, -0.1) is 0 Å². The van der Waals surface area contributed by atoms with Gasteiger partial charge >= 0.3 is 0 Å². The molecule has 1 aliphatic heterocycles. The fraction of sp³-hybridized carbons (Fsp3) is 0.909. The summed E-state index contributed by atoms with van der Waals surface area (Å²) in [6.45, 7) is 9.97. The lowest BCUT2D eigenvalue weighted by Crippen LogP contribution is -2.31. The average molecular weight is 214 g/mol. The van der Waals surface area contributed by atoms with E-state index in [-0.39, 0.29) is 0 Å². The van der Waals surface area contributed by atoms with Gasteiger partial charge in [0, 0.05) is 18.3 Å². The first kappa shape index (κ1) is 11.9. The Hall–Kier alpha value is -0.180. The lowest BCUT2D eigenvalue weighted by atomic mass is 10.1. The number of nitrogens with one attached hydrogen (secondary N) is 1. The van der Waals surface area contributed by atoms with Gasteiger partial charge in [-0.25, -0.2) is 0 Å². The van der Waals surface area contributed by atoms with Crippen molar-refractivity contribution in [1.29, 1.82) is 0 Å². The van der Waals surface area contributed by atoms with Gasteiger partial charge in [-0.3, -0.25) is 4.99 Å². The summed E-state index contributed by atoms with van der Waals surface area (Å²) < 4.78 is 0. The molecule has 0 spiro atoms. The fourth-order valence-corrected chi connectivity index (χ4v) is 2.51. The molecular formula is C11H22N2S. The Kier molecular flexibility index (Phi) is 4.79. The van der Waals surface area contributed by atoms with Gasteiger partial charge in [-0.2, -0.15) is 0 Å². The van der Waals surface area contributed by atoms with E-state index in [1.165, 1.54) is 12.2 Å². The monoisotopic (exact) mass is 214 g/mol. The smallest absolute Gasteiger partial charge is 0.156 e. The maximum absolute atomic E-state index is 4.56. The zero-order chi connectivity index (χ0) is 10.6. The van der Waals surface area contributed by atoms with Gasteiger partial charge in [0.1, 0.15) is 0 Å². The summed E-state index contributed by atoms with van der Waals surface area (Å²) in [5, 5.41) is 4.63. The van der Waals surface area contributed by atoms with Gasteiger partial charge in [-0.1, -0.05) is 39.5 Å². The molecule has 0 saturated carbocycles. The minimum absolute atomic E-state index is 0.623. The van der Waals surface area contributed by atoms with E-state index in [1.54, 1.807) is 0 Å². The van der Waals surface area contributed by atoms with Crippen LogP contribution in [0.1, 0.15) is 34.1 Å². The molecular weight excluding hydrogens is 192 g/mol. The third-order valence-corrected chi connectivity index (χ3v) is 3.52. The van der Waals surface area contributed by atoms with Crippen molar-refractivity contribution in [2.45, 2.75) is 40.2 Å². The normalized spacial score (nSPS) is 25.0. The molecule has 0 aliphatic carbocycles. The molecule has 1 fully saturated rings. The predicted octanol–water partition coefficient (Wildman–Crippen LogP) is 2.75. The number of hydrogen-bond donors (Lipinski definition) is 1. The van der Waals surface area contributed by atoms with E-state index in [0.717, 1.165) is 17.6 Å². The van der Waals surface area contributed by atoms with Crippen molar-refractivity contribution in [2.75, 3.05) is 12.3 Å². The predicted molar refractivity (Wildman–Crippen MR) is 66.0 cm³/mol. The topological polar surface area (TPSA) is 24.4 Å². The number of aliphatic imine (C=N–C) groups is 1. The summed E-state index contributed by atoms with van der Waals surface area (Å²) in [5.41, 5.74) is 0. The largest absolute Gasteiger partial charge is 0.361 e. The molecule has 0 amide bonds. The number of amidine groups is 1. The molecule has 1 saturated heterocycles. The highest BCUT2D eigenvalue weighted by molar-refractivity contribution is 8.14.